The molecule has 0 unspecified atom stereocenters. The third kappa shape index (κ3) is 5.54. The van der Waals surface area contributed by atoms with E-state index in [1.807, 2.05) is 43.3 Å². The first-order valence-electron chi connectivity index (χ1n) is 9.71. The molecule has 0 spiro atoms. The Balaban J connectivity index is 1.86. The van der Waals surface area contributed by atoms with Crippen LogP contribution in [0.1, 0.15) is 36.7 Å². The Kier molecular flexibility index (Phi) is 6.44. The topological polar surface area (TPSA) is 84.1 Å². The molecule has 1 atom stereocenters. The lowest BCUT2D eigenvalue weighted by Gasteiger charge is -2.30. The molecule has 0 aliphatic rings. The molecule has 3 N–H and O–H groups in total. The fraction of sp³-hybridized carbons (Fsp3) is 0.261. The van der Waals surface area contributed by atoms with Crippen molar-refractivity contribution in [3.05, 3.63) is 77.5 Å². The van der Waals surface area contributed by atoms with Gasteiger partial charge in [0.15, 0.2) is 0 Å². The minimum atomic E-state index is -0.0786. The zero-order valence-electron chi connectivity index (χ0n) is 17.1. The van der Waals surface area contributed by atoms with Crippen molar-refractivity contribution in [2.75, 3.05) is 22.5 Å². The molecule has 3 rings (SSSR count). The summed E-state index contributed by atoms with van der Waals surface area (Å²) < 4.78 is 0. The largest absolute Gasteiger partial charge is 0.384 e. The summed E-state index contributed by atoms with van der Waals surface area (Å²) in [4.78, 5) is 22.6. The molecule has 0 radical (unpaired) electrons. The summed E-state index contributed by atoms with van der Waals surface area (Å²) in [6.07, 6.45) is 0.780. The van der Waals surface area contributed by atoms with Gasteiger partial charge >= 0.3 is 0 Å². The van der Waals surface area contributed by atoms with Gasteiger partial charge in [0.1, 0.15) is 5.82 Å². The van der Waals surface area contributed by atoms with Crippen molar-refractivity contribution in [3.63, 3.8) is 0 Å². The molecule has 150 valence electrons. The first kappa shape index (κ1) is 20.3. The van der Waals surface area contributed by atoms with Gasteiger partial charge in [0, 0.05) is 30.9 Å². The summed E-state index contributed by atoms with van der Waals surface area (Å²) in [7, 11) is 0. The summed E-state index contributed by atoms with van der Waals surface area (Å²) in [6, 6.07) is 20.0. The number of amides is 1. The van der Waals surface area contributed by atoms with Crippen molar-refractivity contribution in [1.29, 1.82) is 0 Å². The van der Waals surface area contributed by atoms with Crippen LogP contribution in [-0.2, 0) is 11.2 Å². The van der Waals surface area contributed by atoms with Crippen molar-refractivity contribution in [1.82, 2.24) is 9.97 Å². The molecule has 1 heterocycles. The second-order valence-corrected chi connectivity index (χ2v) is 7.15. The summed E-state index contributed by atoms with van der Waals surface area (Å²) in [5.74, 6) is 1.01. The van der Waals surface area contributed by atoms with Gasteiger partial charge in [-0.15, -0.1) is 0 Å². The molecule has 0 bridgehead atoms. The molecule has 1 aromatic heterocycles. The molecular weight excluding hydrogens is 362 g/mol. The molecule has 0 fully saturated rings. The molecule has 0 aliphatic carbocycles. The van der Waals surface area contributed by atoms with Gasteiger partial charge in [-0.3, -0.25) is 4.79 Å². The Morgan fingerprint density at radius 2 is 1.86 bits per heavy atom. The van der Waals surface area contributed by atoms with E-state index in [0.717, 1.165) is 23.4 Å². The van der Waals surface area contributed by atoms with E-state index >= 15 is 0 Å². The van der Waals surface area contributed by atoms with Crippen LogP contribution in [0.25, 0.3) is 0 Å². The van der Waals surface area contributed by atoms with Crippen molar-refractivity contribution < 1.29 is 4.79 Å². The van der Waals surface area contributed by atoms with Gasteiger partial charge in [-0.2, -0.15) is 4.98 Å². The number of aryl methyl sites for hydroxylation is 1. The van der Waals surface area contributed by atoms with Crippen LogP contribution in [0.3, 0.4) is 0 Å². The van der Waals surface area contributed by atoms with Gasteiger partial charge < -0.3 is 16.0 Å². The zero-order valence-corrected chi connectivity index (χ0v) is 17.1. The minimum Gasteiger partial charge on any atom is -0.384 e. The number of nitrogen functional groups attached to an aromatic ring is 1. The monoisotopic (exact) mass is 389 g/mol. The number of carbonyl (C=O) groups is 1. The van der Waals surface area contributed by atoms with Crippen molar-refractivity contribution in [2.45, 2.75) is 33.2 Å². The van der Waals surface area contributed by atoms with Crippen molar-refractivity contribution in [2.24, 2.45) is 0 Å². The number of nitrogens with zero attached hydrogens (tertiary/aromatic N) is 3. The summed E-state index contributed by atoms with van der Waals surface area (Å²) >= 11 is 0. The van der Waals surface area contributed by atoms with E-state index in [-0.39, 0.29) is 11.9 Å². The normalized spacial score (nSPS) is 11.7. The van der Waals surface area contributed by atoms with Crippen LogP contribution in [0, 0.1) is 6.92 Å². The second-order valence-electron chi connectivity index (χ2n) is 7.15. The molecule has 0 saturated heterocycles. The molecular formula is C23H27N5O. The lowest BCUT2D eigenvalue weighted by atomic mass is 10.1. The number of hydrogen-bond acceptors (Lipinski definition) is 5. The van der Waals surface area contributed by atoms with Crippen LogP contribution in [0.15, 0.2) is 60.7 Å². The highest BCUT2D eigenvalue weighted by molar-refractivity contribution is 5.88. The van der Waals surface area contributed by atoms with Crippen LogP contribution >= 0.6 is 0 Å². The van der Waals surface area contributed by atoms with E-state index in [2.05, 4.69) is 45.3 Å². The SMILES string of the molecule is CC(=O)Nc1cccc(CCN(c2nc(C)cc(N)n2)[C@@H](C)c2ccccc2)c1. The van der Waals surface area contributed by atoms with Gasteiger partial charge in [0.05, 0.1) is 6.04 Å². The number of nitrogens with two attached hydrogens (primary N) is 1. The Morgan fingerprint density at radius 3 is 2.55 bits per heavy atom. The fourth-order valence-corrected chi connectivity index (χ4v) is 3.34. The number of nitrogens with one attached hydrogen (secondary N) is 1. The Bertz CT molecular complexity index is 954. The van der Waals surface area contributed by atoms with Gasteiger partial charge in [0.2, 0.25) is 11.9 Å². The number of hydrogen-bond donors (Lipinski definition) is 2. The smallest absolute Gasteiger partial charge is 0.228 e. The molecule has 1 amide bonds. The Labute approximate surface area is 171 Å². The average Bonchev–Trinajstić information content (AvgIpc) is 2.68. The Morgan fingerprint density at radius 1 is 1.10 bits per heavy atom. The second kappa shape index (κ2) is 9.19. The number of carbonyl (C=O) groups excluding carboxylic acids is 1. The first-order valence-corrected chi connectivity index (χ1v) is 9.71. The van der Waals surface area contributed by atoms with Crippen LogP contribution in [-0.4, -0.2) is 22.4 Å². The summed E-state index contributed by atoms with van der Waals surface area (Å²) in [5, 5.41) is 2.83. The van der Waals surface area contributed by atoms with Gasteiger partial charge in [-0.25, -0.2) is 4.98 Å². The quantitative estimate of drug-likeness (QED) is 0.634. The first-order chi connectivity index (χ1) is 13.9. The standard InChI is InChI=1S/C23H27N5O/c1-16-14-22(24)27-23(25-16)28(17(2)20-9-5-4-6-10-20)13-12-19-8-7-11-21(15-19)26-18(3)29/h4-11,14-15,17H,12-13H2,1-3H3,(H,26,29)(H2,24,25,27)/t17-/m0/s1. The fourth-order valence-electron chi connectivity index (χ4n) is 3.34. The summed E-state index contributed by atoms with van der Waals surface area (Å²) in [5.41, 5.74) is 9.94. The molecule has 6 nitrogen and oxygen atoms in total. The van der Waals surface area contributed by atoms with E-state index in [1.54, 1.807) is 6.07 Å². The predicted octanol–water partition coefficient (Wildman–Crippen LogP) is 4.14. The van der Waals surface area contributed by atoms with Gasteiger partial charge in [-0.1, -0.05) is 42.5 Å². The van der Waals surface area contributed by atoms with E-state index in [1.165, 1.54) is 12.5 Å². The number of rotatable bonds is 7. The summed E-state index contributed by atoms with van der Waals surface area (Å²) in [6.45, 7) is 6.28. The van der Waals surface area contributed by atoms with Crippen LogP contribution < -0.4 is 16.0 Å². The number of benzene rings is 2. The predicted molar refractivity (Wildman–Crippen MR) is 118 cm³/mol. The van der Waals surface area contributed by atoms with E-state index in [0.29, 0.717) is 18.3 Å². The van der Waals surface area contributed by atoms with E-state index in [4.69, 9.17) is 5.73 Å². The van der Waals surface area contributed by atoms with Gasteiger partial charge in [-0.05, 0) is 43.5 Å². The van der Waals surface area contributed by atoms with Crippen molar-refractivity contribution >= 4 is 23.4 Å². The van der Waals surface area contributed by atoms with Crippen LogP contribution in [0.5, 0.6) is 0 Å². The maximum absolute atomic E-state index is 11.3. The molecule has 6 heteroatoms. The third-order valence-electron chi connectivity index (χ3n) is 4.76. The van der Waals surface area contributed by atoms with E-state index in [9.17, 15) is 4.79 Å². The van der Waals surface area contributed by atoms with E-state index < -0.39 is 0 Å². The maximum atomic E-state index is 11.3. The van der Waals surface area contributed by atoms with Crippen molar-refractivity contribution in [3.8, 4) is 0 Å². The Hall–Kier alpha value is -3.41. The lowest BCUT2D eigenvalue weighted by molar-refractivity contribution is -0.114. The number of anilines is 3. The number of aromatic nitrogens is 2. The third-order valence-corrected chi connectivity index (χ3v) is 4.76. The molecule has 0 aliphatic heterocycles. The highest BCUT2D eigenvalue weighted by Gasteiger charge is 2.19. The van der Waals surface area contributed by atoms with Crippen LogP contribution in [0.2, 0.25) is 0 Å². The zero-order chi connectivity index (χ0) is 20.8. The maximum Gasteiger partial charge on any atom is 0.228 e. The van der Waals surface area contributed by atoms with Gasteiger partial charge in [0.25, 0.3) is 0 Å². The molecule has 3 aromatic rings. The lowest BCUT2D eigenvalue weighted by Crippen LogP contribution is -2.31. The highest BCUT2D eigenvalue weighted by atomic mass is 16.1. The molecule has 2 aromatic carbocycles. The molecule has 29 heavy (non-hydrogen) atoms. The minimum absolute atomic E-state index is 0.0786. The highest BCUT2D eigenvalue weighted by Crippen LogP contribution is 2.26. The van der Waals surface area contributed by atoms with Crippen LogP contribution in [0.4, 0.5) is 17.5 Å². The molecule has 0 saturated carbocycles. The average molecular weight is 390 g/mol.